The van der Waals surface area contributed by atoms with Crippen LogP contribution in [0.3, 0.4) is 0 Å². The minimum Gasteiger partial charge on any atom is -0.507 e. The standard InChI is InChI=1S/C54H45N3O2/c1-53(2,3)38-29-43(50(58)45(30-38)54(4,5)6)52-56-49-40(22-15-23-47(49)57(52)39-19-11-8-12-20-39)36-26-35(33-16-9-7-10-17-33)27-37(28-36)46-31-48-44(32-55-46)42-25-24-34-18-13-14-21-41(34)51(42)59-48/h7-32,58H,1-6H3. The first-order valence-electron chi connectivity index (χ1n) is 20.3. The van der Waals surface area contributed by atoms with Crippen molar-refractivity contribution < 1.29 is 9.52 Å². The molecular formula is C54H45N3O2. The number of imidazole rings is 1. The Hall–Kier alpha value is -6.98. The maximum absolute atomic E-state index is 12.2. The van der Waals surface area contributed by atoms with Crippen LogP contribution in [-0.2, 0) is 10.8 Å². The second kappa shape index (κ2) is 13.6. The lowest BCUT2D eigenvalue weighted by Gasteiger charge is -2.27. The number of phenolic OH excluding ortho intramolecular Hbond substituents is 1. The predicted molar refractivity (Wildman–Crippen MR) is 244 cm³/mol. The largest absolute Gasteiger partial charge is 0.507 e. The number of hydrogen-bond donors (Lipinski definition) is 1. The summed E-state index contributed by atoms with van der Waals surface area (Å²) in [7, 11) is 0. The number of pyridine rings is 1. The highest BCUT2D eigenvalue weighted by atomic mass is 16.3. The van der Waals surface area contributed by atoms with Crippen LogP contribution in [0.25, 0.3) is 94.3 Å². The smallest absolute Gasteiger partial charge is 0.149 e. The Kier molecular flexibility index (Phi) is 8.36. The summed E-state index contributed by atoms with van der Waals surface area (Å²) in [6, 6.07) is 52.8. The third-order valence-electron chi connectivity index (χ3n) is 11.6. The first-order chi connectivity index (χ1) is 28.4. The molecule has 10 aromatic rings. The van der Waals surface area contributed by atoms with Crippen molar-refractivity contribution in [3.63, 3.8) is 0 Å². The van der Waals surface area contributed by atoms with Crippen LogP contribution < -0.4 is 0 Å². The van der Waals surface area contributed by atoms with Crippen LogP contribution >= 0.6 is 0 Å². The Morgan fingerprint density at radius 1 is 0.559 bits per heavy atom. The van der Waals surface area contributed by atoms with Crippen molar-refractivity contribution >= 4 is 43.7 Å². The van der Waals surface area contributed by atoms with E-state index in [1.54, 1.807) is 0 Å². The normalized spacial score (nSPS) is 12.3. The molecule has 0 saturated heterocycles. The first kappa shape index (κ1) is 36.4. The summed E-state index contributed by atoms with van der Waals surface area (Å²) in [6.07, 6.45) is 1.94. The fraction of sp³-hybridized carbons (Fsp3) is 0.148. The molecule has 0 fully saturated rings. The van der Waals surface area contributed by atoms with Crippen molar-refractivity contribution in [1.82, 2.24) is 14.5 Å². The molecule has 59 heavy (non-hydrogen) atoms. The highest BCUT2D eigenvalue weighted by Gasteiger charge is 2.28. The Morgan fingerprint density at radius 3 is 2.03 bits per heavy atom. The SMILES string of the molecule is CC(C)(C)c1cc(-c2nc3c(-c4cc(-c5ccccc5)cc(-c5cc6oc7c8ccccc8ccc7c6cn5)c4)cccc3n2-c2ccccc2)c(O)c(C(C)(C)C)c1. The van der Waals surface area contributed by atoms with Gasteiger partial charge < -0.3 is 9.52 Å². The molecule has 0 saturated carbocycles. The summed E-state index contributed by atoms with van der Waals surface area (Å²) in [5.41, 5.74) is 12.7. The fourth-order valence-electron chi connectivity index (χ4n) is 8.45. The molecule has 0 aliphatic rings. The number of para-hydroxylation sites is 2. The number of benzene rings is 7. The average molecular weight is 768 g/mol. The van der Waals surface area contributed by atoms with Gasteiger partial charge in [-0.05, 0) is 87.0 Å². The lowest BCUT2D eigenvalue weighted by atomic mass is 9.79. The Bertz CT molecular complexity index is 3230. The topological polar surface area (TPSA) is 64.1 Å². The molecule has 10 rings (SSSR count). The molecule has 0 radical (unpaired) electrons. The van der Waals surface area contributed by atoms with E-state index in [0.29, 0.717) is 11.4 Å². The fourth-order valence-corrected chi connectivity index (χ4v) is 8.45. The van der Waals surface area contributed by atoms with Crippen molar-refractivity contribution in [2.45, 2.75) is 52.4 Å². The van der Waals surface area contributed by atoms with Gasteiger partial charge in [0.25, 0.3) is 0 Å². The lowest BCUT2D eigenvalue weighted by Crippen LogP contribution is -2.17. The molecule has 0 atom stereocenters. The van der Waals surface area contributed by atoms with Crippen molar-refractivity contribution in [2.24, 2.45) is 0 Å². The summed E-state index contributed by atoms with van der Waals surface area (Å²) < 4.78 is 8.80. The maximum atomic E-state index is 12.2. The van der Waals surface area contributed by atoms with Crippen molar-refractivity contribution in [2.75, 3.05) is 0 Å². The minimum atomic E-state index is -0.295. The number of phenols is 1. The predicted octanol–water partition coefficient (Wildman–Crippen LogP) is 14.4. The number of aromatic nitrogens is 3. The molecule has 5 heteroatoms. The van der Waals surface area contributed by atoms with Crippen LogP contribution in [0.15, 0.2) is 162 Å². The third kappa shape index (κ3) is 6.25. The van der Waals surface area contributed by atoms with Gasteiger partial charge in [0.2, 0.25) is 0 Å². The van der Waals surface area contributed by atoms with Gasteiger partial charge in [-0.2, -0.15) is 0 Å². The zero-order valence-electron chi connectivity index (χ0n) is 34.2. The van der Waals surface area contributed by atoms with Crippen LogP contribution in [0.2, 0.25) is 0 Å². The molecule has 1 N–H and O–H groups in total. The van der Waals surface area contributed by atoms with E-state index in [4.69, 9.17) is 14.4 Å². The van der Waals surface area contributed by atoms with Crippen molar-refractivity contribution in [1.29, 1.82) is 0 Å². The number of fused-ring (bicyclic) bond motifs is 6. The van der Waals surface area contributed by atoms with Gasteiger partial charge in [0.1, 0.15) is 22.7 Å². The molecule has 3 aromatic heterocycles. The van der Waals surface area contributed by atoms with E-state index in [2.05, 4.69) is 174 Å². The molecule has 288 valence electrons. The summed E-state index contributed by atoms with van der Waals surface area (Å²) in [6.45, 7) is 13.1. The number of hydrogen-bond acceptors (Lipinski definition) is 4. The van der Waals surface area contributed by atoms with Crippen LogP contribution in [0, 0.1) is 0 Å². The second-order valence-corrected chi connectivity index (χ2v) is 17.7. The number of aromatic hydroxyl groups is 1. The van der Waals surface area contributed by atoms with Gasteiger partial charge >= 0.3 is 0 Å². The van der Waals surface area contributed by atoms with Crippen LogP contribution in [0.1, 0.15) is 52.7 Å². The van der Waals surface area contributed by atoms with Gasteiger partial charge in [-0.1, -0.05) is 139 Å². The molecule has 5 nitrogen and oxygen atoms in total. The van der Waals surface area contributed by atoms with Gasteiger partial charge in [-0.3, -0.25) is 9.55 Å². The number of furan rings is 1. The third-order valence-corrected chi connectivity index (χ3v) is 11.6. The molecule has 0 spiro atoms. The zero-order chi connectivity index (χ0) is 40.6. The summed E-state index contributed by atoms with van der Waals surface area (Å²) in [5.74, 6) is 0.949. The van der Waals surface area contributed by atoms with E-state index in [0.717, 1.165) is 94.1 Å². The van der Waals surface area contributed by atoms with E-state index in [-0.39, 0.29) is 16.6 Å². The molecule has 0 bridgehead atoms. The quantitative estimate of drug-likeness (QED) is 0.189. The van der Waals surface area contributed by atoms with Gasteiger partial charge in [-0.15, -0.1) is 0 Å². The molecular weight excluding hydrogens is 723 g/mol. The van der Waals surface area contributed by atoms with Crippen LogP contribution in [-0.4, -0.2) is 19.6 Å². The number of rotatable bonds is 5. The molecule has 0 aliphatic heterocycles. The van der Waals surface area contributed by atoms with E-state index in [1.165, 1.54) is 0 Å². The van der Waals surface area contributed by atoms with E-state index in [9.17, 15) is 5.11 Å². The average Bonchev–Trinajstić information content (AvgIpc) is 3.82. The second-order valence-electron chi connectivity index (χ2n) is 17.7. The van der Waals surface area contributed by atoms with Gasteiger partial charge in [0.15, 0.2) is 0 Å². The van der Waals surface area contributed by atoms with E-state index < -0.39 is 0 Å². The lowest BCUT2D eigenvalue weighted by molar-refractivity contribution is 0.446. The number of nitrogens with zero attached hydrogens (tertiary/aromatic N) is 3. The Labute approximate surface area is 344 Å². The highest BCUT2D eigenvalue weighted by molar-refractivity contribution is 6.15. The molecule has 0 unspecified atom stereocenters. The van der Waals surface area contributed by atoms with Crippen molar-refractivity contribution in [3.8, 4) is 56.3 Å². The summed E-state index contributed by atoms with van der Waals surface area (Å²) in [5, 5.41) is 16.5. The van der Waals surface area contributed by atoms with Gasteiger partial charge in [0, 0.05) is 50.8 Å². The van der Waals surface area contributed by atoms with Gasteiger partial charge in [-0.25, -0.2) is 4.98 Å². The first-order valence-corrected chi connectivity index (χ1v) is 20.3. The highest BCUT2D eigenvalue weighted by Crippen LogP contribution is 2.45. The molecule has 0 aliphatic carbocycles. The monoisotopic (exact) mass is 767 g/mol. The minimum absolute atomic E-state index is 0.154. The molecule has 0 amide bonds. The van der Waals surface area contributed by atoms with E-state index >= 15 is 0 Å². The van der Waals surface area contributed by atoms with Crippen LogP contribution in [0.4, 0.5) is 0 Å². The Balaban J connectivity index is 1.22. The van der Waals surface area contributed by atoms with Gasteiger partial charge in [0.05, 0.1) is 22.3 Å². The van der Waals surface area contributed by atoms with E-state index in [1.807, 2.05) is 30.5 Å². The van der Waals surface area contributed by atoms with Crippen molar-refractivity contribution in [3.05, 3.63) is 169 Å². The maximum Gasteiger partial charge on any atom is 0.149 e. The molecule has 3 heterocycles. The zero-order valence-corrected chi connectivity index (χ0v) is 34.2. The Morgan fingerprint density at radius 2 is 1.27 bits per heavy atom. The molecule has 7 aromatic carbocycles. The summed E-state index contributed by atoms with van der Waals surface area (Å²) >= 11 is 0. The summed E-state index contributed by atoms with van der Waals surface area (Å²) in [4.78, 5) is 10.6. The van der Waals surface area contributed by atoms with Crippen LogP contribution in [0.5, 0.6) is 5.75 Å².